The smallest absolute Gasteiger partial charge is 0.270 e. The summed E-state index contributed by atoms with van der Waals surface area (Å²) in [6.07, 6.45) is 6.85. The van der Waals surface area contributed by atoms with Gasteiger partial charge < -0.3 is 4.90 Å². The normalized spacial score (nSPS) is 22.0. The van der Waals surface area contributed by atoms with E-state index in [4.69, 9.17) is 4.98 Å². The van der Waals surface area contributed by atoms with E-state index in [1.165, 1.54) is 12.1 Å². The Labute approximate surface area is 146 Å². The largest absolute Gasteiger partial charge is 0.356 e. The van der Waals surface area contributed by atoms with Gasteiger partial charge in [-0.3, -0.25) is 10.1 Å². The molecule has 1 aromatic heterocycles. The molecule has 0 bridgehead atoms. The van der Waals surface area contributed by atoms with Crippen LogP contribution in [0.1, 0.15) is 18.5 Å². The molecule has 128 valence electrons. The molecule has 0 radical (unpaired) electrons. The highest BCUT2D eigenvalue weighted by Gasteiger charge is 2.33. The lowest BCUT2D eigenvalue weighted by Crippen LogP contribution is -2.21. The number of hydrogen-bond acceptors (Lipinski definition) is 5. The highest BCUT2D eigenvalue weighted by atomic mass is 16.6. The van der Waals surface area contributed by atoms with Crippen LogP contribution >= 0.6 is 0 Å². The van der Waals surface area contributed by atoms with Gasteiger partial charge in [0.1, 0.15) is 5.82 Å². The first-order chi connectivity index (χ1) is 12.1. The van der Waals surface area contributed by atoms with E-state index in [1.54, 1.807) is 6.07 Å². The summed E-state index contributed by atoms with van der Waals surface area (Å²) in [5.41, 5.74) is 1.61. The second kappa shape index (κ2) is 6.27. The summed E-state index contributed by atoms with van der Waals surface area (Å²) in [7, 11) is 0. The SMILES string of the molecule is Cc1cc(N2CC3CC=CCC3C2)nc(-c2cccc([N+](=O)[O-])c2)n1. The molecule has 6 nitrogen and oxygen atoms in total. The quantitative estimate of drug-likeness (QED) is 0.485. The summed E-state index contributed by atoms with van der Waals surface area (Å²) < 4.78 is 0. The van der Waals surface area contributed by atoms with Crippen molar-refractivity contribution in [3.05, 3.63) is 58.3 Å². The fraction of sp³-hybridized carbons (Fsp3) is 0.368. The standard InChI is InChI=1S/C19H20N4O2/c1-13-9-18(22-11-15-5-2-3-6-16(15)12-22)21-19(20-13)14-7-4-8-17(10-14)23(24)25/h2-4,7-10,15-16H,5-6,11-12H2,1H3. The van der Waals surface area contributed by atoms with Crippen molar-refractivity contribution >= 4 is 11.5 Å². The highest BCUT2D eigenvalue weighted by molar-refractivity contribution is 5.61. The Morgan fingerprint density at radius 2 is 1.84 bits per heavy atom. The van der Waals surface area contributed by atoms with Gasteiger partial charge in [0.25, 0.3) is 5.69 Å². The van der Waals surface area contributed by atoms with E-state index in [0.717, 1.165) is 37.4 Å². The van der Waals surface area contributed by atoms with Gasteiger partial charge in [0, 0.05) is 42.5 Å². The number of nitro benzene ring substituents is 1. The van der Waals surface area contributed by atoms with Crippen molar-refractivity contribution in [2.45, 2.75) is 19.8 Å². The van der Waals surface area contributed by atoms with Gasteiger partial charge in [0.05, 0.1) is 4.92 Å². The number of nitro groups is 1. The number of hydrogen-bond donors (Lipinski definition) is 0. The average Bonchev–Trinajstić information content (AvgIpc) is 3.05. The van der Waals surface area contributed by atoms with Crippen molar-refractivity contribution in [2.24, 2.45) is 11.8 Å². The summed E-state index contributed by atoms with van der Waals surface area (Å²) in [4.78, 5) is 22.2. The molecule has 0 N–H and O–H groups in total. The molecule has 2 heterocycles. The van der Waals surface area contributed by atoms with Crippen LogP contribution in [-0.4, -0.2) is 28.0 Å². The van der Waals surface area contributed by atoms with Gasteiger partial charge >= 0.3 is 0 Å². The van der Waals surface area contributed by atoms with Gasteiger partial charge in [-0.2, -0.15) is 0 Å². The van der Waals surface area contributed by atoms with E-state index >= 15 is 0 Å². The van der Waals surface area contributed by atoms with Crippen molar-refractivity contribution in [1.29, 1.82) is 0 Å². The summed E-state index contributed by atoms with van der Waals surface area (Å²) in [6, 6.07) is 8.52. The Hall–Kier alpha value is -2.76. The van der Waals surface area contributed by atoms with E-state index in [-0.39, 0.29) is 5.69 Å². The minimum absolute atomic E-state index is 0.0578. The van der Waals surface area contributed by atoms with Crippen LogP contribution in [0.4, 0.5) is 11.5 Å². The molecule has 1 saturated heterocycles. The molecule has 1 aliphatic heterocycles. The number of nitrogens with zero attached hydrogens (tertiary/aromatic N) is 4. The minimum atomic E-state index is -0.391. The van der Waals surface area contributed by atoms with Crippen molar-refractivity contribution in [1.82, 2.24) is 9.97 Å². The molecule has 1 aliphatic carbocycles. The number of rotatable bonds is 3. The third-order valence-corrected chi connectivity index (χ3v) is 5.10. The van der Waals surface area contributed by atoms with Gasteiger partial charge in [0.2, 0.25) is 0 Å². The van der Waals surface area contributed by atoms with Gasteiger partial charge in [-0.05, 0) is 31.6 Å². The first-order valence-electron chi connectivity index (χ1n) is 8.60. The highest BCUT2D eigenvalue weighted by Crippen LogP contribution is 2.35. The fourth-order valence-electron chi connectivity index (χ4n) is 3.80. The predicted octanol–water partition coefficient (Wildman–Crippen LogP) is 3.76. The zero-order chi connectivity index (χ0) is 17.4. The number of aryl methyl sites for hydroxylation is 1. The first-order valence-corrected chi connectivity index (χ1v) is 8.60. The number of fused-ring (bicyclic) bond motifs is 1. The molecular formula is C19H20N4O2. The second-order valence-corrected chi connectivity index (χ2v) is 6.87. The average molecular weight is 336 g/mol. The third-order valence-electron chi connectivity index (χ3n) is 5.10. The van der Waals surface area contributed by atoms with E-state index < -0.39 is 4.92 Å². The van der Waals surface area contributed by atoms with Crippen molar-refractivity contribution in [3.63, 3.8) is 0 Å². The van der Waals surface area contributed by atoms with E-state index in [1.807, 2.05) is 19.1 Å². The molecule has 6 heteroatoms. The van der Waals surface area contributed by atoms with Crippen molar-refractivity contribution < 1.29 is 4.92 Å². The van der Waals surface area contributed by atoms with E-state index in [0.29, 0.717) is 23.2 Å². The molecule has 2 atom stereocenters. The van der Waals surface area contributed by atoms with Gasteiger partial charge in [0.15, 0.2) is 5.82 Å². The molecule has 0 spiro atoms. The maximum Gasteiger partial charge on any atom is 0.270 e. The zero-order valence-electron chi connectivity index (χ0n) is 14.1. The number of allylic oxidation sites excluding steroid dienone is 2. The van der Waals surface area contributed by atoms with Crippen LogP contribution in [0, 0.1) is 28.9 Å². The van der Waals surface area contributed by atoms with Crippen LogP contribution < -0.4 is 4.90 Å². The third kappa shape index (κ3) is 3.12. The predicted molar refractivity (Wildman–Crippen MR) is 96.4 cm³/mol. The Balaban J connectivity index is 1.65. The summed E-state index contributed by atoms with van der Waals surface area (Å²) in [5.74, 6) is 2.86. The van der Waals surface area contributed by atoms with Gasteiger partial charge in [-0.15, -0.1) is 0 Å². The van der Waals surface area contributed by atoms with Crippen LogP contribution in [0.2, 0.25) is 0 Å². The summed E-state index contributed by atoms with van der Waals surface area (Å²) in [6.45, 7) is 3.97. The Morgan fingerprint density at radius 1 is 1.12 bits per heavy atom. The van der Waals surface area contributed by atoms with E-state index in [2.05, 4.69) is 22.0 Å². The molecule has 2 aromatic rings. The summed E-state index contributed by atoms with van der Waals surface area (Å²) in [5, 5.41) is 11.0. The van der Waals surface area contributed by atoms with Gasteiger partial charge in [-0.1, -0.05) is 24.3 Å². The van der Waals surface area contributed by atoms with Crippen molar-refractivity contribution in [2.75, 3.05) is 18.0 Å². The van der Waals surface area contributed by atoms with E-state index in [9.17, 15) is 10.1 Å². The molecule has 1 aromatic carbocycles. The molecule has 25 heavy (non-hydrogen) atoms. The van der Waals surface area contributed by atoms with Crippen LogP contribution in [-0.2, 0) is 0 Å². The monoisotopic (exact) mass is 336 g/mol. The maximum atomic E-state index is 11.0. The Bertz CT molecular complexity index is 833. The van der Waals surface area contributed by atoms with Crippen LogP contribution in [0.3, 0.4) is 0 Å². The number of anilines is 1. The fourth-order valence-corrected chi connectivity index (χ4v) is 3.80. The molecule has 0 amide bonds. The number of aromatic nitrogens is 2. The minimum Gasteiger partial charge on any atom is -0.356 e. The van der Waals surface area contributed by atoms with Crippen molar-refractivity contribution in [3.8, 4) is 11.4 Å². The Kier molecular flexibility index (Phi) is 3.95. The Morgan fingerprint density at radius 3 is 2.52 bits per heavy atom. The first kappa shape index (κ1) is 15.7. The molecule has 2 aliphatic rings. The van der Waals surface area contributed by atoms with Crippen LogP contribution in [0.15, 0.2) is 42.5 Å². The van der Waals surface area contributed by atoms with Crippen LogP contribution in [0.25, 0.3) is 11.4 Å². The molecule has 1 fully saturated rings. The van der Waals surface area contributed by atoms with Crippen LogP contribution in [0.5, 0.6) is 0 Å². The summed E-state index contributed by atoms with van der Waals surface area (Å²) >= 11 is 0. The molecular weight excluding hydrogens is 316 g/mol. The molecule has 2 unspecified atom stereocenters. The molecule has 4 rings (SSSR count). The lowest BCUT2D eigenvalue weighted by atomic mass is 9.86. The molecule has 0 saturated carbocycles. The second-order valence-electron chi connectivity index (χ2n) is 6.87. The number of non-ortho nitro benzene ring substituents is 1. The lowest BCUT2D eigenvalue weighted by Gasteiger charge is -2.18. The maximum absolute atomic E-state index is 11.0. The number of benzene rings is 1. The van der Waals surface area contributed by atoms with Gasteiger partial charge in [-0.25, -0.2) is 9.97 Å². The topological polar surface area (TPSA) is 72.2 Å². The lowest BCUT2D eigenvalue weighted by molar-refractivity contribution is -0.384. The zero-order valence-corrected chi connectivity index (χ0v) is 14.1.